The molecule has 0 spiro atoms. The SMILES string of the molecule is CCOC(=O)c1c(C)n(CCOc2ccc(CC)cc2)c2c1cc(O)c1ccccc12. The van der Waals surface area contributed by atoms with E-state index in [1.807, 2.05) is 43.3 Å². The van der Waals surface area contributed by atoms with Gasteiger partial charge in [-0.15, -0.1) is 0 Å². The van der Waals surface area contributed by atoms with Crippen LogP contribution in [0.25, 0.3) is 21.7 Å². The Labute approximate surface area is 181 Å². The number of hydrogen-bond acceptors (Lipinski definition) is 4. The summed E-state index contributed by atoms with van der Waals surface area (Å²) < 4.78 is 13.4. The Balaban J connectivity index is 1.76. The van der Waals surface area contributed by atoms with Crippen LogP contribution in [-0.4, -0.2) is 28.9 Å². The number of phenolic OH excluding ortho intramolecular Hbond substituents is 1. The second-order valence-corrected chi connectivity index (χ2v) is 7.52. The lowest BCUT2D eigenvalue weighted by Crippen LogP contribution is -2.11. The van der Waals surface area contributed by atoms with Crippen molar-refractivity contribution in [2.45, 2.75) is 33.7 Å². The van der Waals surface area contributed by atoms with Gasteiger partial charge < -0.3 is 19.1 Å². The van der Waals surface area contributed by atoms with Gasteiger partial charge >= 0.3 is 5.97 Å². The molecule has 0 saturated carbocycles. The number of aryl methyl sites for hydroxylation is 1. The van der Waals surface area contributed by atoms with Gasteiger partial charge in [-0.05, 0) is 44.0 Å². The van der Waals surface area contributed by atoms with Crippen molar-refractivity contribution in [2.75, 3.05) is 13.2 Å². The maximum Gasteiger partial charge on any atom is 0.340 e. The third-order valence-electron chi connectivity index (χ3n) is 5.70. The summed E-state index contributed by atoms with van der Waals surface area (Å²) in [5.41, 5.74) is 3.46. The van der Waals surface area contributed by atoms with Crippen LogP contribution in [0.5, 0.6) is 11.5 Å². The molecule has 0 atom stereocenters. The highest BCUT2D eigenvalue weighted by Gasteiger charge is 2.23. The number of ether oxygens (including phenoxy) is 2. The minimum Gasteiger partial charge on any atom is -0.507 e. The molecule has 0 amide bonds. The first-order chi connectivity index (χ1) is 15.0. The van der Waals surface area contributed by atoms with Crippen molar-refractivity contribution in [1.29, 1.82) is 0 Å². The molecule has 0 unspecified atom stereocenters. The maximum absolute atomic E-state index is 12.7. The van der Waals surface area contributed by atoms with E-state index in [4.69, 9.17) is 9.47 Å². The molecule has 0 saturated heterocycles. The summed E-state index contributed by atoms with van der Waals surface area (Å²) in [6.45, 7) is 7.13. The molecule has 0 aliphatic carbocycles. The fourth-order valence-corrected chi connectivity index (χ4v) is 4.14. The fourth-order valence-electron chi connectivity index (χ4n) is 4.14. The average Bonchev–Trinajstić information content (AvgIpc) is 3.06. The zero-order valence-corrected chi connectivity index (χ0v) is 18.1. The number of esters is 1. The van der Waals surface area contributed by atoms with Gasteiger partial charge in [0.2, 0.25) is 0 Å². The van der Waals surface area contributed by atoms with Gasteiger partial charge in [0, 0.05) is 21.9 Å². The van der Waals surface area contributed by atoms with Gasteiger partial charge in [-0.25, -0.2) is 4.79 Å². The van der Waals surface area contributed by atoms with E-state index in [0.717, 1.165) is 34.2 Å². The number of fused-ring (bicyclic) bond motifs is 3. The minimum absolute atomic E-state index is 0.151. The second kappa shape index (κ2) is 8.72. The number of hydrogen-bond donors (Lipinski definition) is 1. The third-order valence-corrected chi connectivity index (χ3v) is 5.70. The summed E-state index contributed by atoms with van der Waals surface area (Å²) in [5.74, 6) is 0.590. The minimum atomic E-state index is -0.380. The molecule has 160 valence electrons. The summed E-state index contributed by atoms with van der Waals surface area (Å²) in [5, 5.41) is 12.9. The molecule has 5 heteroatoms. The molecule has 0 aliphatic rings. The smallest absolute Gasteiger partial charge is 0.340 e. The number of carbonyl (C=O) groups is 1. The van der Waals surface area contributed by atoms with Crippen LogP contribution in [0.2, 0.25) is 0 Å². The van der Waals surface area contributed by atoms with E-state index in [-0.39, 0.29) is 11.7 Å². The monoisotopic (exact) mass is 417 g/mol. The molecule has 0 bridgehead atoms. The Kier molecular flexibility index (Phi) is 5.85. The highest BCUT2D eigenvalue weighted by atomic mass is 16.5. The molecule has 4 aromatic rings. The Morgan fingerprint density at radius 2 is 1.71 bits per heavy atom. The van der Waals surface area contributed by atoms with Crippen molar-refractivity contribution in [3.8, 4) is 11.5 Å². The van der Waals surface area contributed by atoms with Crippen molar-refractivity contribution in [2.24, 2.45) is 0 Å². The van der Waals surface area contributed by atoms with Gasteiger partial charge in [-0.1, -0.05) is 43.3 Å². The number of benzene rings is 3. The largest absolute Gasteiger partial charge is 0.507 e. The van der Waals surface area contributed by atoms with Crippen LogP contribution in [0.4, 0.5) is 0 Å². The van der Waals surface area contributed by atoms with E-state index in [9.17, 15) is 9.90 Å². The van der Waals surface area contributed by atoms with E-state index in [1.54, 1.807) is 13.0 Å². The van der Waals surface area contributed by atoms with Crippen LogP contribution >= 0.6 is 0 Å². The highest BCUT2D eigenvalue weighted by molar-refractivity contribution is 6.16. The van der Waals surface area contributed by atoms with Crippen molar-refractivity contribution in [3.63, 3.8) is 0 Å². The molecule has 0 fully saturated rings. The Hall–Kier alpha value is -3.47. The predicted molar refractivity (Wildman–Crippen MR) is 123 cm³/mol. The highest BCUT2D eigenvalue weighted by Crippen LogP contribution is 2.37. The van der Waals surface area contributed by atoms with Gasteiger partial charge in [-0.2, -0.15) is 0 Å². The first kappa shape index (κ1) is 20.8. The van der Waals surface area contributed by atoms with Crippen molar-refractivity contribution < 1.29 is 19.4 Å². The number of nitrogens with zero attached hydrogens (tertiary/aromatic N) is 1. The quantitative estimate of drug-likeness (QED) is 0.396. The summed E-state index contributed by atoms with van der Waals surface area (Å²) in [6.07, 6.45) is 0.991. The number of aromatic hydroxyl groups is 1. The van der Waals surface area contributed by atoms with Crippen LogP contribution in [-0.2, 0) is 17.7 Å². The summed E-state index contributed by atoms with van der Waals surface area (Å²) in [4.78, 5) is 12.7. The molecule has 1 heterocycles. The van der Waals surface area contributed by atoms with Gasteiger partial charge in [0.25, 0.3) is 0 Å². The summed E-state index contributed by atoms with van der Waals surface area (Å²) in [6, 6.07) is 17.4. The Morgan fingerprint density at radius 3 is 2.39 bits per heavy atom. The lowest BCUT2D eigenvalue weighted by atomic mass is 10.0. The first-order valence-electron chi connectivity index (χ1n) is 10.7. The van der Waals surface area contributed by atoms with Crippen LogP contribution in [0.1, 0.15) is 35.5 Å². The normalized spacial score (nSPS) is 11.2. The zero-order valence-electron chi connectivity index (χ0n) is 18.1. The second-order valence-electron chi connectivity index (χ2n) is 7.52. The molecule has 5 nitrogen and oxygen atoms in total. The molecule has 31 heavy (non-hydrogen) atoms. The van der Waals surface area contributed by atoms with Crippen LogP contribution in [0, 0.1) is 6.92 Å². The number of phenols is 1. The molecular weight excluding hydrogens is 390 g/mol. The molecule has 0 radical (unpaired) electrons. The van der Waals surface area contributed by atoms with Crippen molar-refractivity contribution >= 4 is 27.6 Å². The zero-order chi connectivity index (χ0) is 22.0. The van der Waals surface area contributed by atoms with Crippen LogP contribution in [0.3, 0.4) is 0 Å². The lowest BCUT2D eigenvalue weighted by Gasteiger charge is -2.12. The van der Waals surface area contributed by atoms with Gasteiger partial charge in [0.1, 0.15) is 18.1 Å². The van der Waals surface area contributed by atoms with Gasteiger partial charge in [0.15, 0.2) is 0 Å². The third kappa shape index (κ3) is 3.83. The number of carbonyl (C=O) groups excluding carboxylic acids is 1. The first-order valence-corrected chi connectivity index (χ1v) is 10.7. The topological polar surface area (TPSA) is 60.7 Å². The number of aromatic nitrogens is 1. The predicted octanol–water partition coefficient (Wildman–Crippen LogP) is 5.63. The molecule has 1 N–H and O–H groups in total. The fraction of sp³-hybridized carbons (Fsp3) is 0.269. The average molecular weight is 418 g/mol. The lowest BCUT2D eigenvalue weighted by molar-refractivity contribution is 0.0527. The summed E-state index contributed by atoms with van der Waals surface area (Å²) >= 11 is 0. The molecular formula is C26H27NO4. The van der Waals surface area contributed by atoms with E-state index >= 15 is 0 Å². The molecule has 1 aromatic heterocycles. The Morgan fingerprint density at radius 1 is 1.00 bits per heavy atom. The standard InChI is InChI=1S/C26H27NO4/c1-4-18-10-12-19(13-11-18)31-15-14-27-17(3)24(26(29)30-5-2)22-16-23(28)20-8-6-7-9-21(20)25(22)27/h6-13,16,28H,4-5,14-15H2,1-3H3. The van der Waals surface area contributed by atoms with E-state index in [2.05, 4.69) is 23.6 Å². The van der Waals surface area contributed by atoms with E-state index < -0.39 is 0 Å². The van der Waals surface area contributed by atoms with Crippen molar-refractivity contribution in [3.05, 3.63) is 71.4 Å². The number of rotatable bonds is 7. The van der Waals surface area contributed by atoms with Crippen LogP contribution in [0.15, 0.2) is 54.6 Å². The molecule has 4 rings (SSSR count). The van der Waals surface area contributed by atoms with Crippen LogP contribution < -0.4 is 4.74 Å². The summed E-state index contributed by atoms with van der Waals surface area (Å²) in [7, 11) is 0. The maximum atomic E-state index is 12.7. The van der Waals surface area contributed by atoms with E-state index in [0.29, 0.717) is 30.7 Å². The molecule has 3 aromatic carbocycles. The van der Waals surface area contributed by atoms with Crippen molar-refractivity contribution in [1.82, 2.24) is 4.57 Å². The van der Waals surface area contributed by atoms with Gasteiger partial charge in [-0.3, -0.25) is 0 Å². The molecule has 0 aliphatic heterocycles. The van der Waals surface area contributed by atoms with Gasteiger partial charge in [0.05, 0.1) is 24.2 Å². The van der Waals surface area contributed by atoms with E-state index in [1.165, 1.54) is 5.56 Å². The Bertz CT molecular complexity index is 1240.